The molecule has 0 atom stereocenters. The zero-order chi connectivity index (χ0) is 18.2. The Balaban J connectivity index is 1.53. The number of hydrogen-bond donors (Lipinski definition) is 2. The summed E-state index contributed by atoms with van der Waals surface area (Å²) in [4.78, 5) is 27.8. The average Bonchev–Trinajstić information content (AvgIpc) is 3.36. The number of hydrogen-bond acceptors (Lipinski definition) is 7. The van der Waals surface area contributed by atoms with Crippen molar-refractivity contribution in [1.82, 2.24) is 15.8 Å². The third-order valence-corrected chi connectivity index (χ3v) is 3.06. The molecule has 2 amide bonds. The van der Waals surface area contributed by atoms with E-state index >= 15 is 0 Å². The molecule has 9 nitrogen and oxygen atoms in total. The van der Waals surface area contributed by atoms with Crippen LogP contribution in [0.15, 0.2) is 74.2 Å². The van der Waals surface area contributed by atoms with Gasteiger partial charge in [-0.25, -0.2) is 10.9 Å². The van der Waals surface area contributed by atoms with Gasteiger partial charge in [-0.1, -0.05) is 0 Å². The highest BCUT2D eigenvalue weighted by atomic mass is 16.3. The van der Waals surface area contributed by atoms with Gasteiger partial charge in [-0.2, -0.15) is 10.2 Å². The van der Waals surface area contributed by atoms with Gasteiger partial charge in [0.2, 0.25) is 0 Å². The Labute approximate surface area is 147 Å². The van der Waals surface area contributed by atoms with Crippen LogP contribution in [0.1, 0.15) is 32.4 Å². The maximum Gasteiger partial charge on any atom is 0.289 e. The van der Waals surface area contributed by atoms with Crippen LogP contribution in [0.5, 0.6) is 0 Å². The van der Waals surface area contributed by atoms with Gasteiger partial charge in [-0.15, -0.1) is 0 Å². The summed E-state index contributed by atoms with van der Waals surface area (Å²) in [6, 6.07) is 9.65. The van der Waals surface area contributed by atoms with Crippen LogP contribution in [0.3, 0.4) is 0 Å². The molecule has 3 aromatic rings. The molecule has 2 N–H and O–H groups in total. The number of nitrogens with one attached hydrogen (secondary N) is 2. The largest absolute Gasteiger partial charge is 0.463 e. The van der Waals surface area contributed by atoms with Crippen molar-refractivity contribution in [3.63, 3.8) is 0 Å². The molecule has 0 unspecified atom stereocenters. The van der Waals surface area contributed by atoms with Crippen LogP contribution in [-0.2, 0) is 0 Å². The van der Waals surface area contributed by atoms with Crippen molar-refractivity contribution in [2.24, 2.45) is 10.2 Å². The van der Waals surface area contributed by atoms with E-state index in [4.69, 9.17) is 8.83 Å². The fourth-order valence-electron chi connectivity index (χ4n) is 1.82. The third kappa shape index (κ3) is 4.51. The lowest BCUT2D eigenvalue weighted by atomic mass is 10.2. The molecule has 3 heterocycles. The number of furan rings is 2. The van der Waals surface area contributed by atoms with Crippen LogP contribution in [-0.4, -0.2) is 29.2 Å². The van der Waals surface area contributed by atoms with Gasteiger partial charge in [-0.05, 0) is 36.4 Å². The first-order valence-corrected chi connectivity index (χ1v) is 7.42. The summed E-state index contributed by atoms with van der Waals surface area (Å²) < 4.78 is 10.1. The number of rotatable bonds is 6. The second-order valence-corrected chi connectivity index (χ2v) is 4.86. The van der Waals surface area contributed by atoms with Gasteiger partial charge in [-0.3, -0.25) is 14.6 Å². The van der Waals surface area contributed by atoms with E-state index in [1.807, 2.05) is 0 Å². The average molecular weight is 351 g/mol. The summed E-state index contributed by atoms with van der Waals surface area (Å²) in [5, 5.41) is 7.51. The summed E-state index contributed by atoms with van der Waals surface area (Å²) in [6.45, 7) is 0. The van der Waals surface area contributed by atoms with Crippen LogP contribution >= 0.6 is 0 Å². The SMILES string of the molecule is O=C(NN=Cc1ccco1)c1ccc(C(=O)NN=Cc2ccco2)nc1. The van der Waals surface area contributed by atoms with Crippen LogP contribution in [0, 0.1) is 0 Å². The van der Waals surface area contributed by atoms with Crippen molar-refractivity contribution in [3.8, 4) is 0 Å². The first-order chi connectivity index (χ1) is 12.7. The van der Waals surface area contributed by atoms with Crippen LogP contribution in [0.25, 0.3) is 0 Å². The molecule has 0 aliphatic heterocycles. The van der Waals surface area contributed by atoms with Gasteiger partial charge < -0.3 is 8.83 Å². The quantitative estimate of drug-likeness (QED) is 0.518. The molecule has 0 spiro atoms. The lowest BCUT2D eigenvalue weighted by Gasteiger charge is -2.01. The molecular formula is C17H13N5O4. The van der Waals surface area contributed by atoms with E-state index < -0.39 is 11.8 Å². The molecule has 0 aliphatic rings. The van der Waals surface area contributed by atoms with E-state index in [0.717, 1.165) is 0 Å². The minimum atomic E-state index is -0.518. The summed E-state index contributed by atoms with van der Waals surface area (Å²) in [5.41, 5.74) is 5.00. The standard InChI is InChI=1S/C17H13N5O4/c23-16(21-19-10-13-3-1-7-25-13)12-5-6-15(18-9-12)17(24)22-20-11-14-4-2-8-26-14/h1-11H,(H,21,23)(H,22,24). The van der Waals surface area contributed by atoms with E-state index in [2.05, 4.69) is 26.0 Å². The highest BCUT2D eigenvalue weighted by Crippen LogP contribution is 2.01. The van der Waals surface area contributed by atoms with Gasteiger partial charge in [0.15, 0.2) is 0 Å². The predicted octanol–water partition coefficient (Wildman–Crippen LogP) is 1.80. The molecule has 0 fully saturated rings. The van der Waals surface area contributed by atoms with E-state index in [-0.39, 0.29) is 11.3 Å². The summed E-state index contributed by atoms with van der Waals surface area (Å²) >= 11 is 0. The van der Waals surface area contributed by atoms with Gasteiger partial charge in [0.1, 0.15) is 17.2 Å². The first kappa shape index (κ1) is 16.8. The zero-order valence-corrected chi connectivity index (χ0v) is 13.3. The summed E-state index contributed by atoms with van der Waals surface area (Å²) in [5.74, 6) is 0.0182. The molecule has 0 bridgehead atoms. The Kier molecular flexibility index (Phi) is 5.31. The van der Waals surface area contributed by atoms with E-state index in [1.165, 1.54) is 43.3 Å². The Bertz CT molecular complexity index is 835. The molecule has 0 aliphatic carbocycles. The van der Waals surface area contributed by atoms with Crippen molar-refractivity contribution in [2.45, 2.75) is 0 Å². The molecule has 3 rings (SSSR count). The Morgan fingerprint density at radius 1 is 0.885 bits per heavy atom. The van der Waals surface area contributed by atoms with Crippen molar-refractivity contribution < 1.29 is 18.4 Å². The highest BCUT2D eigenvalue weighted by molar-refractivity contribution is 5.96. The monoisotopic (exact) mass is 351 g/mol. The number of aromatic nitrogens is 1. The summed E-state index contributed by atoms with van der Waals surface area (Å²) in [6.07, 6.45) is 6.98. The molecule has 3 aromatic heterocycles. The Hall–Kier alpha value is -4.01. The first-order valence-electron chi connectivity index (χ1n) is 7.42. The van der Waals surface area contributed by atoms with Gasteiger partial charge in [0.25, 0.3) is 11.8 Å². The highest BCUT2D eigenvalue weighted by Gasteiger charge is 2.09. The van der Waals surface area contributed by atoms with E-state index in [0.29, 0.717) is 11.5 Å². The van der Waals surface area contributed by atoms with Crippen molar-refractivity contribution in [2.75, 3.05) is 0 Å². The minimum absolute atomic E-state index is 0.109. The van der Waals surface area contributed by atoms with Crippen molar-refractivity contribution in [3.05, 3.63) is 77.9 Å². The van der Waals surface area contributed by atoms with E-state index in [1.54, 1.807) is 24.3 Å². The molecule has 0 radical (unpaired) electrons. The Morgan fingerprint density at radius 3 is 2.00 bits per heavy atom. The molecule has 9 heteroatoms. The molecular weight excluding hydrogens is 338 g/mol. The van der Waals surface area contributed by atoms with E-state index in [9.17, 15) is 9.59 Å². The second-order valence-electron chi connectivity index (χ2n) is 4.86. The van der Waals surface area contributed by atoms with Crippen LogP contribution in [0.4, 0.5) is 0 Å². The fraction of sp³-hybridized carbons (Fsp3) is 0. The maximum absolute atomic E-state index is 11.9. The topological polar surface area (TPSA) is 122 Å². The molecule has 0 saturated carbocycles. The Morgan fingerprint density at radius 2 is 1.50 bits per heavy atom. The number of hydrazone groups is 2. The number of carbonyl (C=O) groups is 2. The van der Waals surface area contributed by atoms with Gasteiger partial charge in [0, 0.05) is 6.20 Å². The second kappa shape index (κ2) is 8.20. The molecule has 0 aromatic carbocycles. The number of carbonyl (C=O) groups excluding carboxylic acids is 2. The molecule has 26 heavy (non-hydrogen) atoms. The smallest absolute Gasteiger partial charge is 0.289 e. The lowest BCUT2D eigenvalue weighted by molar-refractivity contribution is 0.0939. The molecule has 130 valence electrons. The van der Waals surface area contributed by atoms with Crippen LogP contribution in [0.2, 0.25) is 0 Å². The number of nitrogens with zero attached hydrogens (tertiary/aromatic N) is 3. The molecule has 0 saturated heterocycles. The lowest BCUT2D eigenvalue weighted by Crippen LogP contribution is -2.21. The third-order valence-electron chi connectivity index (χ3n) is 3.06. The number of amides is 2. The maximum atomic E-state index is 11.9. The normalized spacial score (nSPS) is 11.1. The fourth-order valence-corrected chi connectivity index (χ4v) is 1.82. The van der Waals surface area contributed by atoms with Gasteiger partial charge >= 0.3 is 0 Å². The zero-order valence-electron chi connectivity index (χ0n) is 13.3. The van der Waals surface area contributed by atoms with Crippen molar-refractivity contribution >= 4 is 24.2 Å². The van der Waals surface area contributed by atoms with Crippen molar-refractivity contribution in [1.29, 1.82) is 0 Å². The number of pyridine rings is 1. The van der Waals surface area contributed by atoms with Gasteiger partial charge in [0.05, 0.1) is 30.5 Å². The predicted molar refractivity (Wildman–Crippen MR) is 91.8 cm³/mol. The summed E-state index contributed by atoms with van der Waals surface area (Å²) in [7, 11) is 0. The van der Waals surface area contributed by atoms with Crippen LogP contribution < -0.4 is 10.9 Å². The minimum Gasteiger partial charge on any atom is -0.463 e.